The number of hydrogen-bond donors (Lipinski definition) is 0. The Balaban J connectivity index is 1.98. The summed E-state index contributed by atoms with van der Waals surface area (Å²) >= 11 is 7.88. The molecule has 6 nitrogen and oxygen atoms in total. The average molecular weight is 499 g/mol. The molecule has 1 aliphatic rings. The van der Waals surface area contributed by atoms with Crippen LogP contribution in [-0.4, -0.2) is 32.0 Å². The van der Waals surface area contributed by atoms with E-state index in [1.807, 2.05) is 45.0 Å². The van der Waals surface area contributed by atoms with Crippen molar-refractivity contribution in [1.82, 2.24) is 14.8 Å². The van der Waals surface area contributed by atoms with Crippen LogP contribution in [0.15, 0.2) is 29.3 Å². The minimum atomic E-state index is -0.582. The molecule has 8 heteroatoms. The highest BCUT2D eigenvalue weighted by molar-refractivity contribution is 7.15. The number of aryl methyl sites for hydroxylation is 1. The first kappa shape index (κ1) is 24.6. The number of fused-ring (bicyclic) bond motifs is 3. The minimum Gasteiger partial charge on any atom is -0.460 e. The van der Waals surface area contributed by atoms with Gasteiger partial charge in [-0.3, -0.25) is 14.4 Å². The molecule has 1 aliphatic heterocycles. The molecule has 4 rings (SSSR count). The number of carbonyl (C=O) groups excluding carboxylic acids is 1. The van der Waals surface area contributed by atoms with E-state index in [0.29, 0.717) is 10.8 Å². The Labute approximate surface area is 210 Å². The van der Waals surface area contributed by atoms with Gasteiger partial charge in [0.2, 0.25) is 0 Å². The number of ether oxygens (including phenoxy) is 1. The highest BCUT2D eigenvalue weighted by atomic mass is 35.5. The van der Waals surface area contributed by atoms with E-state index >= 15 is 0 Å². The summed E-state index contributed by atoms with van der Waals surface area (Å²) in [5.74, 6) is 1.18. The van der Waals surface area contributed by atoms with E-state index < -0.39 is 11.6 Å². The molecule has 3 heterocycles. The molecule has 1 atom stereocenters. The summed E-state index contributed by atoms with van der Waals surface area (Å²) < 4.78 is 7.76. The van der Waals surface area contributed by atoms with Crippen LogP contribution in [0.4, 0.5) is 0 Å². The number of rotatable bonds is 3. The lowest BCUT2D eigenvalue weighted by atomic mass is 9.95. The zero-order chi connectivity index (χ0) is 25.0. The fraction of sp³-hybridized carbons (Fsp3) is 0.462. The molecule has 0 radical (unpaired) electrons. The molecule has 180 valence electrons. The molecule has 0 saturated carbocycles. The van der Waals surface area contributed by atoms with Crippen LogP contribution in [0.2, 0.25) is 5.02 Å². The van der Waals surface area contributed by atoms with Crippen LogP contribution in [-0.2, 0) is 14.9 Å². The maximum atomic E-state index is 12.9. The van der Waals surface area contributed by atoms with Gasteiger partial charge in [0.25, 0.3) is 0 Å². The molecular formula is C26H31ClN4O2S. The average Bonchev–Trinajstić information content (AvgIpc) is 3.23. The second kappa shape index (κ2) is 8.61. The van der Waals surface area contributed by atoms with Gasteiger partial charge in [-0.2, -0.15) is 0 Å². The molecule has 0 saturated heterocycles. The van der Waals surface area contributed by atoms with E-state index in [1.54, 1.807) is 11.3 Å². The maximum absolute atomic E-state index is 12.9. The molecule has 0 spiro atoms. The number of halogens is 1. The van der Waals surface area contributed by atoms with Crippen molar-refractivity contribution in [2.45, 2.75) is 78.9 Å². The van der Waals surface area contributed by atoms with Crippen molar-refractivity contribution in [3.63, 3.8) is 0 Å². The molecule has 0 amide bonds. The number of nitrogens with zero attached hydrogens (tertiary/aromatic N) is 4. The van der Waals surface area contributed by atoms with Gasteiger partial charge in [-0.05, 0) is 52.3 Å². The topological polar surface area (TPSA) is 69.4 Å². The van der Waals surface area contributed by atoms with Crippen LogP contribution < -0.4 is 0 Å². The van der Waals surface area contributed by atoms with Crippen LogP contribution in [0.25, 0.3) is 5.00 Å². The van der Waals surface area contributed by atoms with Gasteiger partial charge in [-0.25, -0.2) is 0 Å². The molecule has 0 unspecified atom stereocenters. The summed E-state index contributed by atoms with van der Waals surface area (Å²) in [7, 11) is 0. The third-order valence-corrected chi connectivity index (χ3v) is 7.09. The van der Waals surface area contributed by atoms with Crippen LogP contribution in [0.1, 0.15) is 87.2 Å². The van der Waals surface area contributed by atoms with E-state index in [0.717, 1.165) is 33.2 Å². The highest BCUT2D eigenvalue weighted by Gasteiger charge is 2.36. The molecule has 0 fully saturated rings. The Kier molecular flexibility index (Phi) is 6.23. The fourth-order valence-corrected chi connectivity index (χ4v) is 5.32. The third-order valence-electron chi connectivity index (χ3n) is 5.65. The number of hydrogen-bond acceptors (Lipinski definition) is 6. The summed E-state index contributed by atoms with van der Waals surface area (Å²) in [6.07, 6.45) is 0.0730. The zero-order valence-electron chi connectivity index (χ0n) is 21.0. The third kappa shape index (κ3) is 4.68. The van der Waals surface area contributed by atoms with Gasteiger partial charge in [0.05, 0.1) is 12.1 Å². The number of thiophene rings is 1. The first-order chi connectivity index (χ1) is 15.8. The van der Waals surface area contributed by atoms with Gasteiger partial charge in [-0.1, -0.05) is 44.5 Å². The maximum Gasteiger partial charge on any atom is 0.308 e. The lowest BCUT2D eigenvalue weighted by molar-refractivity contribution is -0.155. The van der Waals surface area contributed by atoms with E-state index in [-0.39, 0.29) is 17.8 Å². The van der Waals surface area contributed by atoms with Crippen LogP contribution >= 0.6 is 22.9 Å². The summed E-state index contributed by atoms with van der Waals surface area (Å²) in [4.78, 5) is 19.3. The Morgan fingerprint density at radius 1 is 1.09 bits per heavy atom. The van der Waals surface area contributed by atoms with Crippen molar-refractivity contribution < 1.29 is 9.53 Å². The minimum absolute atomic E-state index is 0.0730. The van der Waals surface area contributed by atoms with Crippen molar-refractivity contribution in [1.29, 1.82) is 0 Å². The molecule has 0 N–H and O–H groups in total. The van der Waals surface area contributed by atoms with Crippen LogP contribution in [0, 0.1) is 13.8 Å². The molecule has 2 aromatic heterocycles. The second-order valence-corrected chi connectivity index (χ2v) is 12.4. The SMILES string of the molecule is Cc1sc2c(c1C)C(c1ccc(Cl)cc1)=N[C@@H](CC(=O)OC(C)(C)C)c1nnc(C(C)(C)C)n1-2. The Morgan fingerprint density at radius 3 is 2.32 bits per heavy atom. The van der Waals surface area contributed by atoms with Crippen molar-refractivity contribution in [3.8, 4) is 5.00 Å². The van der Waals surface area contributed by atoms with Crippen LogP contribution in [0.5, 0.6) is 0 Å². The van der Waals surface area contributed by atoms with E-state index in [9.17, 15) is 4.79 Å². The molecule has 0 bridgehead atoms. The van der Waals surface area contributed by atoms with Crippen LogP contribution in [0.3, 0.4) is 0 Å². The van der Waals surface area contributed by atoms with Crippen molar-refractivity contribution in [3.05, 3.63) is 62.5 Å². The van der Waals surface area contributed by atoms with E-state index in [2.05, 4.69) is 49.4 Å². The molecule has 1 aromatic carbocycles. The van der Waals surface area contributed by atoms with E-state index in [4.69, 9.17) is 21.3 Å². The molecular weight excluding hydrogens is 468 g/mol. The van der Waals surface area contributed by atoms with Gasteiger partial charge in [-0.15, -0.1) is 21.5 Å². The highest BCUT2D eigenvalue weighted by Crippen LogP contribution is 2.41. The Bertz CT molecular complexity index is 1270. The summed E-state index contributed by atoms with van der Waals surface area (Å²) in [6, 6.07) is 7.13. The first-order valence-electron chi connectivity index (χ1n) is 11.4. The first-order valence-corrected chi connectivity index (χ1v) is 12.6. The normalized spacial score (nSPS) is 15.9. The Morgan fingerprint density at radius 2 is 1.74 bits per heavy atom. The molecule has 34 heavy (non-hydrogen) atoms. The summed E-state index contributed by atoms with van der Waals surface area (Å²) in [5, 5.41) is 10.8. The van der Waals surface area contributed by atoms with Gasteiger partial charge < -0.3 is 4.74 Å². The van der Waals surface area contributed by atoms with E-state index in [1.165, 1.54) is 4.88 Å². The smallest absolute Gasteiger partial charge is 0.308 e. The number of aromatic nitrogens is 3. The fourth-order valence-electron chi connectivity index (χ4n) is 4.03. The monoisotopic (exact) mass is 498 g/mol. The summed E-state index contributed by atoms with van der Waals surface area (Å²) in [5.41, 5.74) is 3.13. The van der Waals surface area contributed by atoms with Gasteiger partial charge in [0, 0.05) is 26.4 Å². The standard InChI is InChI=1S/C26H31ClN4O2S/c1-14-15(2)34-23-20(14)21(16-9-11-17(27)12-10-16)28-18(13-19(32)33-26(6,7)8)22-29-30-24(31(22)23)25(3,4)5/h9-12,18H,13H2,1-8H3/t18-/m0/s1. The second-order valence-electron chi connectivity index (χ2n) is 10.7. The van der Waals surface area contributed by atoms with Gasteiger partial charge in [0.15, 0.2) is 5.82 Å². The Hall–Kier alpha value is -2.51. The largest absolute Gasteiger partial charge is 0.460 e. The number of benzene rings is 1. The van der Waals surface area contributed by atoms with Gasteiger partial charge in [0.1, 0.15) is 22.5 Å². The molecule has 3 aromatic rings. The van der Waals surface area contributed by atoms with Gasteiger partial charge >= 0.3 is 5.97 Å². The quantitative estimate of drug-likeness (QED) is 0.385. The zero-order valence-corrected chi connectivity index (χ0v) is 22.6. The van der Waals surface area contributed by atoms with Crippen molar-refractivity contribution in [2.75, 3.05) is 0 Å². The predicted octanol–water partition coefficient (Wildman–Crippen LogP) is 6.52. The molecule has 0 aliphatic carbocycles. The van der Waals surface area contributed by atoms with Crippen molar-refractivity contribution >= 4 is 34.6 Å². The summed E-state index contributed by atoms with van der Waals surface area (Å²) in [6.45, 7) is 16.2. The number of esters is 1. The number of carbonyl (C=O) groups is 1. The predicted molar refractivity (Wildman–Crippen MR) is 138 cm³/mol. The lowest BCUT2D eigenvalue weighted by Crippen LogP contribution is -2.25. The lowest BCUT2D eigenvalue weighted by Gasteiger charge is -2.21. The number of aliphatic imine (C=N–C) groups is 1. The van der Waals surface area contributed by atoms with Crippen molar-refractivity contribution in [2.24, 2.45) is 4.99 Å².